The molecule has 0 saturated heterocycles. The lowest BCUT2D eigenvalue weighted by Crippen LogP contribution is -2.07. The fourth-order valence-electron chi connectivity index (χ4n) is 3.08. The minimum absolute atomic E-state index is 0.0105. The monoisotopic (exact) mass is 352 g/mol. The molecule has 6 nitrogen and oxygen atoms in total. The molecule has 0 atom stereocenters. The van der Waals surface area contributed by atoms with Crippen LogP contribution in [0.25, 0.3) is 27.1 Å². The Kier molecular flexibility index (Phi) is 4.45. The van der Waals surface area contributed by atoms with Gasteiger partial charge in [0.15, 0.2) is 0 Å². The predicted molar refractivity (Wildman–Crippen MR) is 98.9 cm³/mol. The van der Waals surface area contributed by atoms with Crippen LogP contribution in [0.1, 0.15) is 21.7 Å². The lowest BCUT2D eigenvalue weighted by molar-refractivity contribution is 0.0687. The molecule has 0 fully saturated rings. The quantitative estimate of drug-likeness (QED) is 0.709. The van der Waals surface area contributed by atoms with Crippen LogP contribution in [0.2, 0.25) is 0 Å². The molecular weight excluding hydrogens is 340 g/mol. The molecule has 3 rings (SSSR count). The summed E-state index contributed by atoms with van der Waals surface area (Å²) in [5.41, 5.74) is 2.76. The van der Waals surface area contributed by atoms with E-state index in [2.05, 4.69) is 10.9 Å². The summed E-state index contributed by atoms with van der Waals surface area (Å²) in [7, 11) is 1.46. The summed E-state index contributed by atoms with van der Waals surface area (Å²) >= 11 is 0. The third-order valence-corrected chi connectivity index (χ3v) is 4.32. The minimum atomic E-state index is -1.21. The van der Waals surface area contributed by atoms with Gasteiger partial charge in [0.1, 0.15) is 17.5 Å². The number of carbonyl (C=O) groups is 1. The molecule has 2 aromatic carbocycles. The Hall–Kier alpha value is -4.34. The summed E-state index contributed by atoms with van der Waals surface area (Å²) in [6, 6.07) is 18.1. The molecule has 1 aromatic heterocycles. The Morgan fingerprint density at radius 3 is 2.26 bits per heavy atom. The standard InChI is InChI=1S/C21H12N4O2/c1-24-19-17(12-23)25(2)20(21(26)27)18(19)14-9-7-13(8-10-14)16-6-4-3-5-15(16)11-22/h3-10H,2H3,(H,26,27). The van der Waals surface area contributed by atoms with Crippen molar-refractivity contribution in [3.05, 3.63) is 76.9 Å². The van der Waals surface area contributed by atoms with Crippen LogP contribution in [0, 0.1) is 29.2 Å². The zero-order chi connectivity index (χ0) is 19.6. The molecule has 6 heteroatoms. The van der Waals surface area contributed by atoms with Crippen molar-refractivity contribution in [3.8, 4) is 34.4 Å². The molecule has 0 saturated carbocycles. The normalized spacial score (nSPS) is 9.85. The second-order valence-corrected chi connectivity index (χ2v) is 5.74. The van der Waals surface area contributed by atoms with E-state index < -0.39 is 5.97 Å². The van der Waals surface area contributed by atoms with Gasteiger partial charge in [-0.05, 0) is 22.8 Å². The summed E-state index contributed by atoms with van der Waals surface area (Å²) < 4.78 is 1.23. The van der Waals surface area contributed by atoms with Crippen molar-refractivity contribution in [2.75, 3.05) is 0 Å². The molecule has 0 radical (unpaired) electrons. The highest BCUT2D eigenvalue weighted by Crippen LogP contribution is 2.39. The van der Waals surface area contributed by atoms with Gasteiger partial charge in [0.05, 0.1) is 18.2 Å². The van der Waals surface area contributed by atoms with Crippen LogP contribution in [0.4, 0.5) is 5.69 Å². The van der Waals surface area contributed by atoms with Gasteiger partial charge in [0, 0.05) is 12.6 Å². The number of hydrogen-bond acceptors (Lipinski definition) is 3. The Morgan fingerprint density at radius 2 is 1.70 bits per heavy atom. The van der Waals surface area contributed by atoms with E-state index in [1.807, 2.05) is 18.2 Å². The van der Waals surface area contributed by atoms with Crippen LogP contribution in [-0.4, -0.2) is 15.6 Å². The van der Waals surface area contributed by atoms with Gasteiger partial charge in [0.2, 0.25) is 5.69 Å². The molecule has 0 unspecified atom stereocenters. The second-order valence-electron chi connectivity index (χ2n) is 5.74. The molecule has 0 aliphatic carbocycles. The highest BCUT2D eigenvalue weighted by atomic mass is 16.4. The minimum Gasteiger partial charge on any atom is -0.477 e. The molecular formula is C21H12N4O2. The second kappa shape index (κ2) is 6.88. The maximum atomic E-state index is 11.7. The first-order chi connectivity index (χ1) is 13.0. The maximum absolute atomic E-state index is 11.7. The van der Waals surface area contributed by atoms with E-state index in [4.69, 9.17) is 6.57 Å². The van der Waals surface area contributed by atoms with Gasteiger partial charge in [-0.1, -0.05) is 42.5 Å². The van der Waals surface area contributed by atoms with Crippen molar-refractivity contribution in [3.63, 3.8) is 0 Å². The number of rotatable bonds is 3. The molecule has 1 N–H and O–H groups in total. The first kappa shape index (κ1) is 17.5. The van der Waals surface area contributed by atoms with Gasteiger partial charge in [-0.3, -0.25) is 0 Å². The van der Waals surface area contributed by atoms with Crippen molar-refractivity contribution < 1.29 is 9.90 Å². The average Bonchev–Trinajstić information content (AvgIpc) is 2.99. The first-order valence-electron chi connectivity index (χ1n) is 7.87. The Balaban J connectivity index is 2.20. The van der Waals surface area contributed by atoms with Crippen LogP contribution < -0.4 is 0 Å². The summed E-state index contributed by atoms with van der Waals surface area (Å²) in [4.78, 5) is 15.1. The summed E-state index contributed by atoms with van der Waals surface area (Å²) in [6.07, 6.45) is 0. The first-order valence-corrected chi connectivity index (χ1v) is 7.87. The summed E-state index contributed by atoms with van der Waals surface area (Å²) in [5.74, 6) is -1.21. The molecule has 0 amide bonds. The summed E-state index contributed by atoms with van der Waals surface area (Å²) in [6.45, 7) is 7.39. The number of nitriles is 2. The Labute approximate surface area is 155 Å². The lowest BCUT2D eigenvalue weighted by atomic mass is 9.97. The number of hydrogen-bond donors (Lipinski definition) is 1. The van der Waals surface area contributed by atoms with Crippen LogP contribution in [0.15, 0.2) is 48.5 Å². The van der Waals surface area contributed by atoms with E-state index in [1.54, 1.807) is 36.4 Å². The number of nitrogens with zero attached hydrogens (tertiary/aromatic N) is 4. The molecule has 27 heavy (non-hydrogen) atoms. The topological polar surface area (TPSA) is 94.2 Å². The van der Waals surface area contributed by atoms with E-state index in [9.17, 15) is 20.4 Å². The van der Waals surface area contributed by atoms with Gasteiger partial charge in [-0.25, -0.2) is 9.64 Å². The van der Waals surface area contributed by atoms with Crippen LogP contribution in [0.3, 0.4) is 0 Å². The van der Waals surface area contributed by atoms with Gasteiger partial charge in [-0.15, -0.1) is 0 Å². The summed E-state index contributed by atoms with van der Waals surface area (Å²) in [5, 5.41) is 28.1. The highest BCUT2D eigenvalue weighted by Gasteiger charge is 2.26. The number of carboxylic acids is 1. The highest BCUT2D eigenvalue weighted by molar-refractivity contribution is 6.01. The number of aromatic carboxylic acids is 1. The molecule has 3 aromatic rings. The maximum Gasteiger partial charge on any atom is 0.351 e. The third-order valence-electron chi connectivity index (χ3n) is 4.32. The molecule has 1 heterocycles. The zero-order valence-corrected chi connectivity index (χ0v) is 14.3. The van der Waals surface area contributed by atoms with Gasteiger partial charge in [0.25, 0.3) is 0 Å². The third kappa shape index (κ3) is 2.80. The number of aromatic nitrogens is 1. The van der Waals surface area contributed by atoms with Crippen molar-refractivity contribution >= 4 is 11.7 Å². The number of benzene rings is 2. The van der Waals surface area contributed by atoms with Crippen LogP contribution in [0.5, 0.6) is 0 Å². The van der Waals surface area contributed by atoms with Gasteiger partial charge in [-0.2, -0.15) is 10.5 Å². The van der Waals surface area contributed by atoms with Crippen molar-refractivity contribution in [1.82, 2.24) is 4.57 Å². The van der Waals surface area contributed by atoms with Crippen molar-refractivity contribution in [1.29, 1.82) is 10.5 Å². The lowest BCUT2D eigenvalue weighted by Gasteiger charge is -2.07. The van der Waals surface area contributed by atoms with Gasteiger partial charge < -0.3 is 9.67 Å². The molecule has 0 spiro atoms. The molecule has 0 aliphatic rings. The largest absolute Gasteiger partial charge is 0.477 e. The van der Waals surface area contributed by atoms with E-state index in [0.29, 0.717) is 11.1 Å². The van der Waals surface area contributed by atoms with E-state index in [0.717, 1.165) is 11.1 Å². The molecule has 0 bridgehead atoms. The fraction of sp³-hybridized carbons (Fsp3) is 0.0476. The molecule has 128 valence electrons. The van der Waals surface area contributed by atoms with E-state index in [-0.39, 0.29) is 22.6 Å². The van der Waals surface area contributed by atoms with E-state index in [1.165, 1.54) is 11.6 Å². The Bertz CT molecular complexity index is 1180. The predicted octanol–water partition coefficient (Wildman–Crippen LogP) is 4.35. The average molecular weight is 352 g/mol. The SMILES string of the molecule is [C-]#[N+]c1c(-c2ccc(-c3ccccc3C#N)cc2)c(C(=O)O)n(C)c1C#N. The van der Waals surface area contributed by atoms with E-state index >= 15 is 0 Å². The van der Waals surface area contributed by atoms with Gasteiger partial charge >= 0.3 is 5.97 Å². The van der Waals surface area contributed by atoms with Crippen LogP contribution >= 0.6 is 0 Å². The molecule has 0 aliphatic heterocycles. The van der Waals surface area contributed by atoms with Crippen molar-refractivity contribution in [2.45, 2.75) is 0 Å². The smallest absolute Gasteiger partial charge is 0.351 e. The fourth-order valence-corrected chi connectivity index (χ4v) is 3.08. The number of carboxylic acid groups (broad SMARTS) is 1. The van der Waals surface area contributed by atoms with Crippen LogP contribution in [-0.2, 0) is 7.05 Å². The Morgan fingerprint density at radius 1 is 1.07 bits per heavy atom. The zero-order valence-electron chi connectivity index (χ0n) is 14.3. The van der Waals surface area contributed by atoms with Crippen molar-refractivity contribution in [2.24, 2.45) is 7.05 Å².